The van der Waals surface area contributed by atoms with Crippen molar-refractivity contribution in [2.75, 3.05) is 28.2 Å². The molecular formula is C12H18BF4N5. The predicted octanol–water partition coefficient (Wildman–Crippen LogP) is 1.96. The summed E-state index contributed by atoms with van der Waals surface area (Å²) < 4.78 is 43.0. The Morgan fingerprint density at radius 3 is 2.23 bits per heavy atom. The van der Waals surface area contributed by atoms with Crippen molar-refractivity contribution in [3.8, 4) is 0 Å². The summed E-state index contributed by atoms with van der Waals surface area (Å²) in [6.07, 6.45) is 0. The van der Waals surface area contributed by atoms with Gasteiger partial charge in [0.15, 0.2) is 0 Å². The summed E-state index contributed by atoms with van der Waals surface area (Å²) in [6.45, 7) is 0.723. The van der Waals surface area contributed by atoms with Crippen molar-refractivity contribution in [1.82, 2.24) is 19.9 Å². The van der Waals surface area contributed by atoms with Crippen LogP contribution >= 0.6 is 0 Å². The van der Waals surface area contributed by atoms with E-state index in [4.69, 9.17) is 0 Å². The van der Waals surface area contributed by atoms with Crippen molar-refractivity contribution in [2.24, 2.45) is 0 Å². The van der Waals surface area contributed by atoms with Crippen LogP contribution in [-0.4, -0.2) is 65.8 Å². The maximum absolute atomic E-state index is 9.75. The highest BCUT2D eigenvalue weighted by Crippen LogP contribution is 2.09. The molecule has 5 nitrogen and oxygen atoms in total. The summed E-state index contributed by atoms with van der Waals surface area (Å²) in [6, 6.07) is 8.00. The molecule has 2 aromatic rings. The van der Waals surface area contributed by atoms with Crippen molar-refractivity contribution in [2.45, 2.75) is 6.54 Å². The Labute approximate surface area is 125 Å². The van der Waals surface area contributed by atoms with Crippen LogP contribution in [0.15, 0.2) is 24.3 Å². The number of nitrogens with zero attached hydrogens (tertiary/aromatic N) is 5. The number of likely N-dealkylation sites (N-methyl/N-ethyl adjacent to an activating group) is 1. The summed E-state index contributed by atoms with van der Waals surface area (Å²) in [4.78, 5) is 2.09. The van der Waals surface area contributed by atoms with Crippen LogP contribution in [0.5, 0.6) is 0 Å². The topological polar surface area (TPSA) is 37.0 Å². The zero-order chi connectivity index (χ0) is 16.9. The number of amidine groups is 1. The lowest BCUT2D eigenvalue weighted by atomic mass is 10.3. The molecular weight excluding hydrogens is 301 g/mol. The highest BCUT2D eigenvalue weighted by Gasteiger charge is 2.20. The van der Waals surface area contributed by atoms with Gasteiger partial charge < -0.3 is 17.3 Å². The molecule has 22 heavy (non-hydrogen) atoms. The van der Waals surface area contributed by atoms with Gasteiger partial charge in [0.2, 0.25) is 0 Å². The smallest absolute Gasteiger partial charge is 0.418 e. The van der Waals surface area contributed by atoms with Crippen LogP contribution in [0.2, 0.25) is 0 Å². The molecule has 0 aliphatic heterocycles. The third kappa shape index (κ3) is 5.70. The number of para-hydroxylation sites is 1. The fourth-order valence-corrected chi connectivity index (χ4v) is 1.85. The van der Waals surface area contributed by atoms with Gasteiger partial charge in [0.25, 0.3) is 5.84 Å². The molecule has 0 bridgehead atoms. The fraction of sp³-hybridized carbons (Fsp3) is 0.417. The quantitative estimate of drug-likeness (QED) is 0.279. The number of hydrogen-bond acceptors (Lipinski definition) is 2. The van der Waals surface area contributed by atoms with E-state index < -0.39 is 7.25 Å². The van der Waals surface area contributed by atoms with E-state index in [0.29, 0.717) is 0 Å². The maximum atomic E-state index is 9.75. The van der Waals surface area contributed by atoms with Crippen LogP contribution in [0, 0.1) is 0 Å². The molecule has 0 atom stereocenters. The molecule has 0 aliphatic rings. The molecule has 0 saturated carbocycles. The lowest BCUT2D eigenvalue weighted by molar-refractivity contribution is -0.471. The molecule has 1 aromatic heterocycles. The Kier molecular flexibility index (Phi) is 5.89. The number of aromatic nitrogens is 3. The van der Waals surface area contributed by atoms with Gasteiger partial charge in [0.1, 0.15) is 12.1 Å². The SMILES string of the molecule is CN(C)C(Cn1nnc2ccccc21)=[N+](C)C.F[B-](F)(F)F. The Morgan fingerprint density at radius 1 is 1.18 bits per heavy atom. The average molecular weight is 319 g/mol. The molecule has 0 saturated heterocycles. The second-order valence-electron chi connectivity index (χ2n) is 4.94. The van der Waals surface area contributed by atoms with Crippen molar-refractivity contribution in [1.29, 1.82) is 0 Å². The van der Waals surface area contributed by atoms with Crippen molar-refractivity contribution < 1.29 is 21.8 Å². The normalized spacial score (nSPS) is 10.9. The van der Waals surface area contributed by atoms with Crippen LogP contribution in [0.25, 0.3) is 11.0 Å². The van der Waals surface area contributed by atoms with E-state index >= 15 is 0 Å². The first-order chi connectivity index (χ1) is 10.1. The molecule has 0 spiro atoms. The summed E-state index contributed by atoms with van der Waals surface area (Å²) >= 11 is 0. The lowest BCUT2D eigenvalue weighted by Gasteiger charge is -2.11. The van der Waals surface area contributed by atoms with E-state index in [-0.39, 0.29) is 0 Å². The van der Waals surface area contributed by atoms with Crippen LogP contribution in [-0.2, 0) is 6.54 Å². The first-order valence-electron chi connectivity index (χ1n) is 6.45. The molecule has 0 unspecified atom stereocenters. The Morgan fingerprint density at radius 2 is 1.73 bits per heavy atom. The molecule has 2 rings (SSSR count). The number of halogens is 4. The van der Waals surface area contributed by atoms with Crippen molar-refractivity contribution in [3.05, 3.63) is 24.3 Å². The third-order valence-corrected chi connectivity index (χ3v) is 2.74. The first kappa shape index (κ1) is 17.9. The van der Waals surface area contributed by atoms with E-state index in [9.17, 15) is 17.3 Å². The minimum Gasteiger partial charge on any atom is -0.418 e. The van der Waals surface area contributed by atoms with E-state index in [1.165, 1.54) is 5.84 Å². The highest BCUT2D eigenvalue weighted by atomic mass is 19.5. The molecule has 10 heteroatoms. The third-order valence-electron chi connectivity index (χ3n) is 2.74. The molecule has 1 heterocycles. The Bertz CT molecular complexity index is 640. The summed E-state index contributed by atoms with van der Waals surface area (Å²) in [7, 11) is 2.14. The van der Waals surface area contributed by atoms with Gasteiger partial charge in [-0.2, -0.15) is 0 Å². The maximum Gasteiger partial charge on any atom is 0.673 e. The van der Waals surface area contributed by atoms with Gasteiger partial charge in [-0.3, -0.25) is 9.48 Å². The second kappa shape index (κ2) is 7.23. The molecule has 0 fully saturated rings. The fourth-order valence-electron chi connectivity index (χ4n) is 1.85. The minimum atomic E-state index is -6.00. The van der Waals surface area contributed by atoms with E-state index in [0.717, 1.165) is 17.6 Å². The van der Waals surface area contributed by atoms with Gasteiger partial charge in [0.05, 0.1) is 33.7 Å². The van der Waals surface area contributed by atoms with Crippen molar-refractivity contribution >= 4 is 24.1 Å². The number of fused-ring (bicyclic) bond motifs is 1. The standard InChI is InChI=1S/C12H18N5.BF4/c1-15(2)12(16(3)4)9-17-11-8-6-5-7-10(11)13-14-17;2-1(3,4)5/h5-8H,9H2,1-4H3;/q+1;-1. The second-order valence-corrected chi connectivity index (χ2v) is 4.94. The Hall–Kier alpha value is -2.13. The summed E-state index contributed by atoms with van der Waals surface area (Å²) in [5.74, 6) is 1.18. The molecule has 1 aromatic carbocycles. The summed E-state index contributed by atoms with van der Waals surface area (Å²) in [5, 5.41) is 8.35. The van der Waals surface area contributed by atoms with Crippen LogP contribution in [0.1, 0.15) is 0 Å². The number of rotatable bonds is 2. The monoisotopic (exact) mass is 319 g/mol. The summed E-state index contributed by atoms with van der Waals surface area (Å²) in [5.41, 5.74) is 2.00. The van der Waals surface area contributed by atoms with Crippen LogP contribution < -0.4 is 0 Å². The van der Waals surface area contributed by atoms with Gasteiger partial charge in [-0.25, -0.2) is 4.68 Å². The number of hydrogen-bond donors (Lipinski definition) is 0. The van der Waals surface area contributed by atoms with Gasteiger partial charge in [-0.1, -0.05) is 17.3 Å². The first-order valence-corrected chi connectivity index (χ1v) is 6.45. The Balaban J connectivity index is 0.000000422. The average Bonchev–Trinajstić information content (AvgIpc) is 2.76. The number of benzene rings is 1. The highest BCUT2D eigenvalue weighted by molar-refractivity contribution is 6.50. The minimum absolute atomic E-state index is 0.723. The van der Waals surface area contributed by atoms with Crippen molar-refractivity contribution in [3.63, 3.8) is 0 Å². The van der Waals surface area contributed by atoms with E-state index in [1.807, 2.05) is 57.1 Å². The van der Waals surface area contributed by atoms with Gasteiger partial charge in [0, 0.05) is 0 Å². The molecule has 0 aliphatic carbocycles. The van der Waals surface area contributed by atoms with E-state index in [2.05, 4.69) is 19.8 Å². The van der Waals surface area contributed by atoms with Gasteiger partial charge in [-0.15, -0.1) is 5.10 Å². The molecule has 0 N–H and O–H groups in total. The predicted molar refractivity (Wildman–Crippen MR) is 78.5 cm³/mol. The molecule has 122 valence electrons. The van der Waals surface area contributed by atoms with Crippen LogP contribution in [0.4, 0.5) is 17.3 Å². The van der Waals surface area contributed by atoms with E-state index in [1.54, 1.807) is 0 Å². The van der Waals surface area contributed by atoms with Crippen LogP contribution in [0.3, 0.4) is 0 Å². The largest absolute Gasteiger partial charge is 0.673 e. The van der Waals surface area contributed by atoms with Gasteiger partial charge >= 0.3 is 7.25 Å². The van der Waals surface area contributed by atoms with Gasteiger partial charge in [-0.05, 0) is 12.1 Å². The molecule has 0 amide bonds. The zero-order valence-corrected chi connectivity index (χ0v) is 12.8. The lowest BCUT2D eigenvalue weighted by Crippen LogP contribution is -2.33. The molecule has 0 radical (unpaired) electrons. The zero-order valence-electron chi connectivity index (χ0n) is 12.8.